The maximum atomic E-state index is 14.6. The third kappa shape index (κ3) is 13.0. The molecule has 6 aromatic heterocycles. The summed E-state index contributed by atoms with van der Waals surface area (Å²) in [7, 11) is 1.22. The lowest BCUT2D eigenvalue weighted by Crippen LogP contribution is -2.43. The van der Waals surface area contributed by atoms with Gasteiger partial charge in [-0.15, -0.1) is 0 Å². The van der Waals surface area contributed by atoms with E-state index >= 15 is 0 Å². The van der Waals surface area contributed by atoms with Gasteiger partial charge in [-0.3, -0.25) is 38.1 Å². The number of carboxylic acid groups (broad SMARTS) is 1. The van der Waals surface area contributed by atoms with Crippen LogP contribution in [0.1, 0.15) is 91.4 Å². The van der Waals surface area contributed by atoms with Crippen LogP contribution in [0.15, 0.2) is 94.7 Å². The Morgan fingerprint density at radius 1 is 0.602 bits per heavy atom. The number of methoxy groups -OCH3 is 1. The van der Waals surface area contributed by atoms with Gasteiger partial charge in [-0.1, -0.05) is 12.1 Å². The number of esters is 1. The van der Waals surface area contributed by atoms with E-state index in [0.29, 0.717) is 59.9 Å². The number of likely N-dealkylation sites (tertiary alicyclic amines) is 2. The zero-order chi connectivity index (χ0) is 59.6. The van der Waals surface area contributed by atoms with E-state index in [-0.39, 0.29) is 95.1 Å². The number of fused-ring (bicyclic) bond motifs is 2. The van der Waals surface area contributed by atoms with Crippen molar-refractivity contribution in [1.82, 2.24) is 59.3 Å². The Balaban J connectivity index is 0.000000200. The first-order valence-electron chi connectivity index (χ1n) is 25.7. The smallest absolute Gasteiger partial charge is 0.340 e. The second-order valence-corrected chi connectivity index (χ2v) is 21.4. The number of amides is 2. The summed E-state index contributed by atoms with van der Waals surface area (Å²) in [6, 6.07) is 14.5. The molecule has 8 heterocycles. The summed E-state index contributed by atoms with van der Waals surface area (Å²) in [5.41, 5.74) is 3.25. The van der Waals surface area contributed by atoms with Crippen LogP contribution < -0.4 is 0 Å². The van der Waals surface area contributed by atoms with Gasteiger partial charge >= 0.3 is 11.9 Å². The van der Waals surface area contributed by atoms with E-state index in [9.17, 15) is 52.2 Å². The van der Waals surface area contributed by atoms with Crippen molar-refractivity contribution in [2.75, 3.05) is 20.2 Å². The standard InChI is InChI=1S/C29H26BrFN6O5.C28H24BrFN6O5/c1-15(38)27-21-7-17(18-11-32-16(2)33-12-18)8-22(29(41)42-3)28(21)37(35-27)14-26(40)36-13-19(31)9-23(36)24(39)10-20-5-4-6-25(30)34-20;1-14(37)26-20-6-16(17-10-31-15(2)32-11-17)7-21(28(40)41)27(20)36(34-26)13-25(39)35-12-18(30)8-22(35)23(38)9-19-4-3-5-24(29)33-19/h4-8,11-12,19,23H,9-10,13-14H2,1-3H3;3-7,10-11,18,22H,8-9,12-13H2,1-2H3,(H,40,41)/t19-,23+;18-,22+/m11/s1. The molecule has 2 aromatic carbocycles. The Labute approximate surface area is 488 Å². The SMILES string of the molecule is CC(=O)c1nn(CC(=O)N2C[C@H](F)C[C@H]2C(=O)Cc2cccc(Br)n2)c2c(C(=O)O)cc(-c3cnc(C)nc3)cc12.COC(=O)c1cc(-c2cnc(C)nc2)cc2c(C(C)=O)nn(CC(=O)N3C[C@H](F)C[C@H]3C(=O)Cc3cccc(Br)n3)c12. The van der Waals surface area contributed by atoms with E-state index in [0.717, 1.165) is 9.58 Å². The lowest BCUT2D eigenvalue weighted by Gasteiger charge is -2.23. The topological polar surface area (TPSA) is 285 Å². The van der Waals surface area contributed by atoms with Crippen molar-refractivity contribution >= 4 is 101 Å². The fourth-order valence-corrected chi connectivity index (χ4v) is 10.8. The highest BCUT2D eigenvalue weighted by Gasteiger charge is 2.42. The third-order valence-electron chi connectivity index (χ3n) is 13.9. The molecule has 2 fully saturated rings. The number of alkyl halides is 2. The van der Waals surface area contributed by atoms with Gasteiger partial charge in [-0.05, 0) is 105 Å². The summed E-state index contributed by atoms with van der Waals surface area (Å²) in [6.07, 6.45) is 3.03. The molecular formula is C57H50Br2F2N12O10. The highest BCUT2D eigenvalue weighted by atomic mass is 79.9. The maximum Gasteiger partial charge on any atom is 0.340 e. The number of aryl methyl sites for hydroxylation is 2. The van der Waals surface area contributed by atoms with Crippen LogP contribution in [-0.4, -0.2) is 156 Å². The first-order valence-corrected chi connectivity index (χ1v) is 27.3. The number of hydrogen-bond acceptors (Lipinski definition) is 17. The van der Waals surface area contributed by atoms with E-state index in [2.05, 4.69) is 72.0 Å². The Hall–Kier alpha value is -8.78. The fraction of sp³-hybridized carbons (Fsp3) is 0.298. The number of rotatable bonds is 16. The molecule has 22 nitrogen and oxygen atoms in total. The highest BCUT2D eigenvalue weighted by Crippen LogP contribution is 2.34. The molecule has 26 heteroatoms. The summed E-state index contributed by atoms with van der Waals surface area (Å²) in [4.78, 5) is 131. The first-order chi connectivity index (χ1) is 39.6. The third-order valence-corrected chi connectivity index (χ3v) is 14.8. The Morgan fingerprint density at radius 3 is 1.37 bits per heavy atom. The molecule has 0 aliphatic carbocycles. The first kappa shape index (κ1) is 58.9. The molecule has 8 aromatic rings. The number of carboxylic acids is 1. The number of Topliss-reactive ketones (excluding diaryl/α,β-unsaturated/α-hetero) is 4. The van der Waals surface area contributed by atoms with Crippen LogP contribution in [0.25, 0.3) is 44.1 Å². The molecule has 0 saturated carbocycles. The number of hydrogen-bond donors (Lipinski definition) is 1. The average molecular weight is 1260 g/mol. The molecule has 0 bridgehead atoms. The molecule has 426 valence electrons. The quantitative estimate of drug-likeness (QED) is 0.0563. The van der Waals surface area contributed by atoms with Crippen LogP contribution in [0, 0.1) is 13.8 Å². The molecule has 2 aliphatic heterocycles. The summed E-state index contributed by atoms with van der Waals surface area (Å²) in [6.45, 7) is 4.58. The van der Waals surface area contributed by atoms with E-state index in [1.165, 1.54) is 49.0 Å². The minimum absolute atomic E-state index is 0.0247. The van der Waals surface area contributed by atoms with Gasteiger partial charge in [0.25, 0.3) is 0 Å². The molecule has 4 atom stereocenters. The number of ether oxygens (including phenoxy) is 1. The van der Waals surface area contributed by atoms with Crippen molar-refractivity contribution in [3.8, 4) is 22.3 Å². The number of pyridine rings is 2. The Morgan fingerprint density at radius 2 is 1.00 bits per heavy atom. The summed E-state index contributed by atoms with van der Waals surface area (Å²) in [5, 5.41) is 19.3. The van der Waals surface area contributed by atoms with E-state index in [4.69, 9.17) is 4.74 Å². The van der Waals surface area contributed by atoms with Crippen LogP contribution in [-0.2, 0) is 49.8 Å². The predicted octanol–water partition coefficient (Wildman–Crippen LogP) is 7.31. The Bertz CT molecular complexity index is 3930. The number of aromatic nitrogens is 10. The van der Waals surface area contributed by atoms with Gasteiger partial charge in [-0.2, -0.15) is 10.2 Å². The van der Waals surface area contributed by atoms with E-state index < -0.39 is 67.1 Å². The van der Waals surface area contributed by atoms with Crippen molar-refractivity contribution in [2.45, 2.75) is 90.9 Å². The normalized spacial score (nSPS) is 16.6. The van der Waals surface area contributed by atoms with Crippen LogP contribution in [0.2, 0.25) is 0 Å². The number of ketones is 4. The number of carbonyl (C=O) groups is 8. The van der Waals surface area contributed by atoms with Crippen molar-refractivity contribution in [2.24, 2.45) is 0 Å². The summed E-state index contributed by atoms with van der Waals surface area (Å²) in [5.74, 6) is -3.66. The van der Waals surface area contributed by atoms with E-state index in [1.54, 1.807) is 80.8 Å². The van der Waals surface area contributed by atoms with Gasteiger partial charge in [0.15, 0.2) is 23.1 Å². The molecular weight excluding hydrogens is 1210 g/mol. The molecule has 83 heavy (non-hydrogen) atoms. The fourth-order valence-electron chi connectivity index (χ4n) is 10.1. The molecule has 1 N–H and O–H groups in total. The number of carbonyl (C=O) groups excluding carboxylic acids is 7. The van der Waals surface area contributed by atoms with Crippen LogP contribution >= 0.6 is 31.9 Å². The second kappa shape index (κ2) is 24.7. The van der Waals surface area contributed by atoms with Gasteiger partial charge in [-0.25, -0.2) is 48.3 Å². The molecule has 2 saturated heterocycles. The van der Waals surface area contributed by atoms with Crippen molar-refractivity contribution in [1.29, 1.82) is 0 Å². The summed E-state index contributed by atoms with van der Waals surface area (Å²) >= 11 is 6.53. The van der Waals surface area contributed by atoms with Crippen molar-refractivity contribution in [3.63, 3.8) is 0 Å². The Kier molecular flexibility index (Phi) is 17.6. The average Bonchev–Trinajstić information content (AvgIpc) is 3.01. The van der Waals surface area contributed by atoms with Gasteiger partial charge in [0.05, 0.1) is 67.3 Å². The monoisotopic (exact) mass is 1260 g/mol. The van der Waals surface area contributed by atoms with Gasteiger partial charge < -0.3 is 19.6 Å². The molecule has 2 aliphatic rings. The number of benzene rings is 2. The highest BCUT2D eigenvalue weighted by molar-refractivity contribution is 9.10. The lowest BCUT2D eigenvalue weighted by molar-refractivity contribution is -0.138. The number of nitrogens with zero attached hydrogens (tertiary/aromatic N) is 12. The summed E-state index contributed by atoms with van der Waals surface area (Å²) < 4.78 is 37.6. The molecule has 2 amide bonds. The maximum absolute atomic E-state index is 14.6. The molecule has 0 unspecified atom stereocenters. The zero-order valence-electron chi connectivity index (χ0n) is 45.0. The predicted molar refractivity (Wildman–Crippen MR) is 301 cm³/mol. The van der Waals surface area contributed by atoms with Gasteiger partial charge in [0, 0.05) is 84.8 Å². The molecule has 10 rings (SSSR count). The lowest BCUT2D eigenvalue weighted by atomic mass is 10.00. The minimum Gasteiger partial charge on any atom is -0.478 e. The second-order valence-electron chi connectivity index (χ2n) is 19.8. The van der Waals surface area contributed by atoms with Gasteiger partial charge in [0.2, 0.25) is 11.8 Å². The van der Waals surface area contributed by atoms with Crippen molar-refractivity contribution < 1.29 is 57.0 Å². The largest absolute Gasteiger partial charge is 0.478 e. The van der Waals surface area contributed by atoms with Crippen molar-refractivity contribution in [3.05, 3.63) is 140 Å². The minimum atomic E-state index is -1.40. The van der Waals surface area contributed by atoms with Crippen LogP contribution in [0.3, 0.4) is 0 Å². The van der Waals surface area contributed by atoms with E-state index in [1.807, 2.05) is 0 Å². The number of aromatic carboxylic acids is 1. The van der Waals surface area contributed by atoms with Gasteiger partial charge in [0.1, 0.15) is 57.7 Å². The number of halogens is 4. The molecule has 0 radical (unpaired) electrons. The molecule has 0 spiro atoms. The van der Waals surface area contributed by atoms with Crippen LogP contribution in [0.4, 0.5) is 8.78 Å². The van der Waals surface area contributed by atoms with Crippen LogP contribution in [0.5, 0.6) is 0 Å². The zero-order valence-corrected chi connectivity index (χ0v) is 48.2.